The van der Waals surface area contributed by atoms with Crippen LogP contribution in [0.2, 0.25) is 0 Å². The van der Waals surface area contributed by atoms with E-state index in [1.54, 1.807) is 19.2 Å². The Kier molecular flexibility index (Phi) is 3.39. The predicted octanol–water partition coefficient (Wildman–Crippen LogP) is 1.43. The van der Waals surface area contributed by atoms with E-state index in [0.29, 0.717) is 15.9 Å². The summed E-state index contributed by atoms with van der Waals surface area (Å²) < 4.78 is 13.4. The van der Waals surface area contributed by atoms with Gasteiger partial charge < -0.3 is 5.43 Å². The molecule has 0 saturated carbocycles. The third-order valence-corrected chi connectivity index (χ3v) is 2.37. The second-order valence-corrected chi connectivity index (χ2v) is 3.11. The summed E-state index contributed by atoms with van der Waals surface area (Å²) in [6.45, 7) is 0. The van der Waals surface area contributed by atoms with E-state index in [-0.39, 0.29) is 5.82 Å². The van der Waals surface area contributed by atoms with Gasteiger partial charge in [0.05, 0.1) is 4.47 Å². The van der Waals surface area contributed by atoms with Crippen molar-refractivity contribution in [1.29, 1.82) is 0 Å². The van der Waals surface area contributed by atoms with Gasteiger partial charge in [-0.05, 0) is 28.1 Å². The van der Waals surface area contributed by atoms with E-state index in [4.69, 9.17) is 5.84 Å². The molecule has 1 rings (SSSR count). The molecule has 0 fully saturated rings. The molecule has 0 aliphatic heterocycles. The molecule has 0 radical (unpaired) electrons. The maximum atomic E-state index is 13.0. The highest BCUT2D eigenvalue weighted by molar-refractivity contribution is 9.10. The van der Waals surface area contributed by atoms with Crippen molar-refractivity contribution >= 4 is 21.8 Å². The zero-order valence-electron chi connectivity index (χ0n) is 7.01. The lowest BCUT2D eigenvalue weighted by Crippen LogP contribution is -2.31. The number of rotatable bonds is 1. The second kappa shape index (κ2) is 4.34. The van der Waals surface area contributed by atoms with Gasteiger partial charge >= 0.3 is 0 Å². The third kappa shape index (κ3) is 2.05. The summed E-state index contributed by atoms with van der Waals surface area (Å²) in [5.74, 6) is 5.31. The Morgan fingerprint density at radius 1 is 1.62 bits per heavy atom. The molecule has 0 saturated heterocycles. The molecular formula is C8H9BrFN3. The summed E-state index contributed by atoms with van der Waals surface area (Å²) in [5, 5.41) is 0. The summed E-state index contributed by atoms with van der Waals surface area (Å²) in [6.07, 6.45) is 0. The monoisotopic (exact) mass is 245 g/mol. The molecule has 0 aromatic heterocycles. The number of hydrogen-bond donors (Lipinski definition) is 2. The predicted molar refractivity (Wildman–Crippen MR) is 53.9 cm³/mol. The Labute approximate surface area is 83.9 Å². The van der Waals surface area contributed by atoms with E-state index >= 15 is 0 Å². The Morgan fingerprint density at radius 2 is 2.31 bits per heavy atom. The number of aliphatic imine (C=N–C) groups is 1. The fourth-order valence-electron chi connectivity index (χ4n) is 0.949. The van der Waals surface area contributed by atoms with Crippen molar-refractivity contribution in [2.24, 2.45) is 10.8 Å². The number of benzene rings is 1. The van der Waals surface area contributed by atoms with Gasteiger partial charge in [-0.2, -0.15) is 0 Å². The lowest BCUT2D eigenvalue weighted by Gasteiger charge is -2.06. The quantitative estimate of drug-likeness (QED) is 0.341. The lowest BCUT2D eigenvalue weighted by atomic mass is 10.2. The largest absolute Gasteiger partial charge is 0.308 e. The molecule has 3 N–H and O–H groups in total. The minimum atomic E-state index is -0.339. The highest BCUT2D eigenvalue weighted by Crippen LogP contribution is 2.20. The second-order valence-electron chi connectivity index (χ2n) is 2.32. The molecule has 1 aromatic carbocycles. The highest BCUT2D eigenvalue weighted by Gasteiger charge is 2.08. The Bertz CT molecular complexity index is 338. The van der Waals surface area contributed by atoms with Crippen molar-refractivity contribution in [3.8, 4) is 0 Å². The normalized spacial score (nSPS) is 11.5. The van der Waals surface area contributed by atoms with Crippen LogP contribution in [0.4, 0.5) is 4.39 Å². The number of hydrazine groups is 1. The lowest BCUT2D eigenvalue weighted by molar-refractivity contribution is 0.620. The molecule has 0 atom stereocenters. The third-order valence-electron chi connectivity index (χ3n) is 1.57. The van der Waals surface area contributed by atoms with Crippen LogP contribution in [0.1, 0.15) is 5.56 Å². The standard InChI is InChI=1S/C8H9BrFN3/c1-12-8(13-11)5-3-2-4-6(10)7(5)9/h2-4H,11H2,1H3,(H,12,13). The Hall–Kier alpha value is -0.940. The average molecular weight is 246 g/mol. The van der Waals surface area contributed by atoms with E-state index in [0.717, 1.165) is 0 Å². The Balaban J connectivity index is 3.22. The van der Waals surface area contributed by atoms with Crippen LogP contribution in [-0.4, -0.2) is 12.9 Å². The van der Waals surface area contributed by atoms with Crippen molar-refractivity contribution in [2.75, 3.05) is 7.05 Å². The minimum Gasteiger partial charge on any atom is -0.308 e. The van der Waals surface area contributed by atoms with Crippen LogP contribution in [0.25, 0.3) is 0 Å². The molecule has 70 valence electrons. The van der Waals surface area contributed by atoms with Crippen molar-refractivity contribution in [3.63, 3.8) is 0 Å². The van der Waals surface area contributed by atoms with E-state index in [1.165, 1.54) is 6.07 Å². The van der Waals surface area contributed by atoms with Gasteiger partial charge in [0.1, 0.15) is 11.7 Å². The first-order valence-corrected chi connectivity index (χ1v) is 4.37. The zero-order valence-corrected chi connectivity index (χ0v) is 8.60. The molecule has 0 bridgehead atoms. The van der Waals surface area contributed by atoms with Gasteiger partial charge in [0.2, 0.25) is 0 Å². The smallest absolute Gasteiger partial charge is 0.143 e. The van der Waals surface area contributed by atoms with Crippen LogP contribution in [0.3, 0.4) is 0 Å². The number of amidine groups is 1. The number of hydrogen-bond acceptors (Lipinski definition) is 2. The molecule has 0 aliphatic carbocycles. The fourth-order valence-corrected chi connectivity index (χ4v) is 1.40. The summed E-state index contributed by atoms with van der Waals surface area (Å²) in [5.41, 5.74) is 2.99. The molecule has 5 heteroatoms. The minimum absolute atomic E-state index is 0.339. The molecule has 1 aromatic rings. The zero-order chi connectivity index (χ0) is 9.84. The van der Waals surface area contributed by atoms with Gasteiger partial charge in [-0.15, -0.1) is 0 Å². The number of nitrogens with two attached hydrogens (primary N) is 1. The summed E-state index contributed by atoms with van der Waals surface area (Å²) in [7, 11) is 1.58. The number of nitrogens with zero attached hydrogens (tertiary/aromatic N) is 1. The SMILES string of the molecule is CN=C(NN)c1cccc(F)c1Br. The van der Waals surface area contributed by atoms with Gasteiger partial charge in [0, 0.05) is 12.6 Å². The topological polar surface area (TPSA) is 50.4 Å². The van der Waals surface area contributed by atoms with E-state index in [9.17, 15) is 4.39 Å². The average Bonchev–Trinajstić information content (AvgIpc) is 2.14. The maximum absolute atomic E-state index is 13.0. The number of halogens is 2. The van der Waals surface area contributed by atoms with Crippen molar-refractivity contribution in [2.45, 2.75) is 0 Å². The van der Waals surface area contributed by atoms with Crippen molar-refractivity contribution in [1.82, 2.24) is 5.43 Å². The maximum Gasteiger partial charge on any atom is 0.143 e. The molecule has 0 spiro atoms. The van der Waals surface area contributed by atoms with Crippen LogP contribution in [-0.2, 0) is 0 Å². The van der Waals surface area contributed by atoms with Crippen LogP contribution >= 0.6 is 15.9 Å². The van der Waals surface area contributed by atoms with Gasteiger partial charge in [-0.3, -0.25) is 4.99 Å². The van der Waals surface area contributed by atoms with Crippen LogP contribution in [0.5, 0.6) is 0 Å². The molecule has 0 unspecified atom stereocenters. The van der Waals surface area contributed by atoms with Gasteiger partial charge in [-0.25, -0.2) is 10.2 Å². The van der Waals surface area contributed by atoms with E-state index in [2.05, 4.69) is 26.3 Å². The highest BCUT2D eigenvalue weighted by atomic mass is 79.9. The van der Waals surface area contributed by atoms with Gasteiger partial charge in [0.25, 0.3) is 0 Å². The van der Waals surface area contributed by atoms with Crippen LogP contribution in [0.15, 0.2) is 27.7 Å². The fraction of sp³-hybridized carbons (Fsp3) is 0.125. The molecule has 13 heavy (non-hydrogen) atoms. The number of nitrogens with one attached hydrogen (secondary N) is 1. The van der Waals surface area contributed by atoms with Crippen molar-refractivity contribution in [3.05, 3.63) is 34.1 Å². The molecule has 3 nitrogen and oxygen atoms in total. The van der Waals surface area contributed by atoms with E-state index in [1.807, 2.05) is 0 Å². The molecule has 0 aliphatic rings. The molecular weight excluding hydrogens is 237 g/mol. The first-order valence-electron chi connectivity index (χ1n) is 3.58. The molecule has 0 amide bonds. The summed E-state index contributed by atoms with van der Waals surface area (Å²) in [4.78, 5) is 3.86. The molecule has 0 heterocycles. The van der Waals surface area contributed by atoms with Crippen molar-refractivity contribution < 1.29 is 4.39 Å². The summed E-state index contributed by atoms with van der Waals surface area (Å²) >= 11 is 3.11. The summed E-state index contributed by atoms with van der Waals surface area (Å²) in [6, 6.07) is 4.67. The van der Waals surface area contributed by atoms with Gasteiger partial charge in [0.15, 0.2) is 0 Å². The van der Waals surface area contributed by atoms with Gasteiger partial charge in [-0.1, -0.05) is 6.07 Å². The first-order chi connectivity index (χ1) is 6.20. The Morgan fingerprint density at radius 3 is 2.85 bits per heavy atom. The van der Waals surface area contributed by atoms with Crippen LogP contribution in [0, 0.1) is 5.82 Å². The van der Waals surface area contributed by atoms with E-state index < -0.39 is 0 Å². The first kappa shape index (κ1) is 10.1. The van der Waals surface area contributed by atoms with Crippen LogP contribution < -0.4 is 11.3 Å².